The van der Waals surface area contributed by atoms with Crippen molar-refractivity contribution in [1.82, 2.24) is 9.80 Å². The molecule has 0 aliphatic carbocycles. The first kappa shape index (κ1) is 25.9. The molecule has 2 amide bonds. The summed E-state index contributed by atoms with van der Waals surface area (Å²) in [6.07, 6.45) is 0.0462. The summed E-state index contributed by atoms with van der Waals surface area (Å²) in [6, 6.07) is 14.3. The number of amides is 2. The first-order valence-corrected chi connectivity index (χ1v) is 12.3. The average Bonchev–Trinajstić information content (AvgIpc) is 2.88. The molecule has 0 aromatic heterocycles. The average molecular weight is 505 g/mol. The van der Waals surface area contributed by atoms with Crippen molar-refractivity contribution in [2.45, 2.75) is 44.9 Å². The number of nitrogens with zero attached hydrogens (tertiary/aromatic N) is 2. The lowest BCUT2D eigenvalue weighted by molar-refractivity contribution is -0.274. The molecule has 1 atom stereocenters. The van der Waals surface area contributed by atoms with E-state index in [1.165, 1.54) is 12.1 Å². The van der Waals surface area contributed by atoms with Gasteiger partial charge in [0.15, 0.2) is 0 Å². The molecule has 2 fully saturated rings. The van der Waals surface area contributed by atoms with E-state index in [4.69, 9.17) is 4.74 Å². The number of hydrogen-bond acceptors (Lipinski definition) is 4. The van der Waals surface area contributed by atoms with E-state index in [0.717, 1.165) is 50.9 Å². The van der Waals surface area contributed by atoms with E-state index in [1.807, 2.05) is 35.2 Å². The maximum Gasteiger partial charge on any atom is 0.573 e. The van der Waals surface area contributed by atoms with Crippen molar-refractivity contribution in [3.8, 4) is 11.5 Å². The van der Waals surface area contributed by atoms with Crippen molar-refractivity contribution >= 4 is 11.8 Å². The fraction of sp³-hybridized carbons (Fsp3) is 0.481. The molecule has 4 rings (SSSR count). The van der Waals surface area contributed by atoms with Crippen LogP contribution in [0.4, 0.5) is 13.2 Å². The molecule has 2 saturated heterocycles. The van der Waals surface area contributed by atoms with Crippen LogP contribution in [-0.4, -0.2) is 60.8 Å². The normalized spacial score (nSPS) is 20.6. The third-order valence-corrected chi connectivity index (χ3v) is 6.81. The van der Waals surface area contributed by atoms with Gasteiger partial charge in [-0.2, -0.15) is 0 Å². The Labute approximate surface area is 209 Å². The number of hydrogen-bond donors (Lipinski definition) is 0. The Morgan fingerprint density at radius 3 is 2.17 bits per heavy atom. The molecule has 2 aromatic rings. The number of halogens is 3. The van der Waals surface area contributed by atoms with Crippen LogP contribution in [0.2, 0.25) is 0 Å². The number of carbonyl (C=O) groups is 2. The lowest BCUT2D eigenvalue weighted by Gasteiger charge is -2.43. The van der Waals surface area contributed by atoms with Gasteiger partial charge in [0.2, 0.25) is 5.91 Å². The van der Waals surface area contributed by atoms with E-state index in [1.54, 1.807) is 4.90 Å². The molecule has 2 aliphatic heterocycles. The summed E-state index contributed by atoms with van der Waals surface area (Å²) < 4.78 is 47.4. The molecule has 2 aliphatic rings. The molecule has 0 saturated carbocycles. The van der Waals surface area contributed by atoms with Crippen LogP contribution in [0.25, 0.3) is 0 Å². The number of ether oxygens (including phenoxy) is 2. The number of rotatable bonds is 7. The van der Waals surface area contributed by atoms with Gasteiger partial charge in [-0.1, -0.05) is 18.2 Å². The number of piperidine rings is 2. The van der Waals surface area contributed by atoms with Gasteiger partial charge in [0.1, 0.15) is 11.5 Å². The number of para-hydroxylation sites is 1. The molecule has 2 aromatic carbocycles. The van der Waals surface area contributed by atoms with E-state index in [-0.39, 0.29) is 29.5 Å². The van der Waals surface area contributed by atoms with Crippen LogP contribution in [0.15, 0.2) is 54.6 Å². The molecule has 9 heteroatoms. The minimum absolute atomic E-state index is 0.0781. The minimum Gasteiger partial charge on any atom is -0.493 e. The molecule has 6 nitrogen and oxygen atoms in total. The summed E-state index contributed by atoms with van der Waals surface area (Å²) in [5, 5.41) is 0. The lowest BCUT2D eigenvalue weighted by Crippen LogP contribution is -2.51. The maximum atomic E-state index is 13.3. The second kappa shape index (κ2) is 11.2. The van der Waals surface area contributed by atoms with Crippen molar-refractivity contribution in [3.05, 3.63) is 60.2 Å². The van der Waals surface area contributed by atoms with Gasteiger partial charge in [0.05, 0.1) is 6.61 Å². The zero-order valence-corrected chi connectivity index (χ0v) is 20.1. The van der Waals surface area contributed by atoms with Crippen molar-refractivity contribution < 1.29 is 32.2 Å². The van der Waals surface area contributed by atoms with E-state index < -0.39 is 11.8 Å². The molecule has 0 radical (unpaired) electrons. The molecule has 0 spiro atoms. The van der Waals surface area contributed by atoms with Crippen LogP contribution in [0.1, 0.15) is 48.9 Å². The second-order valence-corrected chi connectivity index (χ2v) is 9.62. The standard InChI is InChI=1S/C27H31F3N2O4/c28-27(29,30)36-23-12-10-21(11-13-23)25(34)32-17-7-14-26(19-32,20-35-22-8-3-1-4-9-22)18-24(33)31-15-5-2-6-16-31/h1,3-4,8-13H,2,5-7,14-20H2/t26-/m0/s1. The van der Waals surface area contributed by atoms with Crippen LogP contribution in [0.5, 0.6) is 11.5 Å². The van der Waals surface area contributed by atoms with Crippen LogP contribution < -0.4 is 9.47 Å². The van der Waals surface area contributed by atoms with E-state index in [0.29, 0.717) is 31.9 Å². The first-order valence-electron chi connectivity index (χ1n) is 12.3. The van der Waals surface area contributed by atoms with E-state index >= 15 is 0 Å². The monoisotopic (exact) mass is 504 g/mol. The van der Waals surface area contributed by atoms with Crippen molar-refractivity contribution in [2.24, 2.45) is 5.41 Å². The fourth-order valence-corrected chi connectivity index (χ4v) is 5.01. The van der Waals surface area contributed by atoms with Crippen molar-refractivity contribution in [3.63, 3.8) is 0 Å². The highest BCUT2D eigenvalue weighted by Crippen LogP contribution is 2.36. The summed E-state index contributed by atoms with van der Waals surface area (Å²) in [4.78, 5) is 30.1. The highest BCUT2D eigenvalue weighted by molar-refractivity contribution is 5.94. The molecular weight excluding hydrogens is 473 g/mol. The lowest BCUT2D eigenvalue weighted by atomic mass is 9.77. The summed E-state index contributed by atoms with van der Waals surface area (Å²) in [6.45, 7) is 2.63. The van der Waals surface area contributed by atoms with Gasteiger partial charge in [-0.3, -0.25) is 9.59 Å². The summed E-state index contributed by atoms with van der Waals surface area (Å²) in [7, 11) is 0. The maximum absolute atomic E-state index is 13.3. The number of alkyl halides is 3. The molecule has 36 heavy (non-hydrogen) atoms. The van der Waals surface area contributed by atoms with Gasteiger partial charge in [-0.15, -0.1) is 13.2 Å². The van der Waals surface area contributed by atoms with Gasteiger partial charge in [-0.05, 0) is 68.5 Å². The Morgan fingerprint density at radius 1 is 0.833 bits per heavy atom. The molecule has 0 N–H and O–H groups in total. The third-order valence-electron chi connectivity index (χ3n) is 6.81. The number of benzene rings is 2. The van der Waals surface area contributed by atoms with Gasteiger partial charge in [0.25, 0.3) is 5.91 Å². The van der Waals surface area contributed by atoms with Crippen LogP contribution in [0, 0.1) is 5.41 Å². The minimum atomic E-state index is -4.79. The third kappa shape index (κ3) is 6.92. The SMILES string of the molecule is O=C(C[C@@]1(COc2ccccc2)CCCN(C(=O)c2ccc(OC(F)(F)F)cc2)C1)N1CCCCC1. The van der Waals surface area contributed by atoms with Gasteiger partial charge in [-0.25, -0.2) is 0 Å². The Morgan fingerprint density at radius 2 is 1.50 bits per heavy atom. The Balaban J connectivity index is 1.49. The highest BCUT2D eigenvalue weighted by atomic mass is 19.4. The van der Waals surface area contributed by atoms with Crippen LogP contribution in [0.3, 0.4) is 0 Å². The smallest absolute Gasteiger partial charge is 0.493 e. The van der Waals surface area contributed by atoms with E-state index in [9.17, 15) is 22.8 Å². The molecule has 0 bridgehead atoms. The Bertz CT molecular complexity index is 1020. The van der Waals surface area contributed by atoms with Gasteiger partial charge in [0, 0.05) is 43.6 Å². The van der Waals surface area contributed by atoms with Crippen LogP contribution in [-0.2, 0) is 4.79 Å². The largest absolute Gasteiger partial charge is 0.573 e. The fourth-order valence-electron chi connectivity index (χ4n) is 5.01. The topological polar surface area (TPSA) is 59.1 Å². The highest BCUT2D eigenvalue weighted by Gasteiger charge is 2.41. The summed E-state index contributed by atoms with van der Waals surface area (Å²) in [5.74, 6) is 0.110. The molecule has 0 unspecified atom stereocenters. The molecule has 194 valence electrons. The predicted molar refractivity (Wildman–Crippen MR) is 128 cm³/mol. The first-order chi connectivity index (χ1) is 17.2. The molecule has 2 heterocycles. The van der Waals surface area contributed by atoms with Gasteiger partial charge >= 0.3 is 6.36 Å². The summed E-state index contributed by atoms with van der Waals surface area (Å²) >= 11 is 0. The predicted octanol–water partition coefficient (Wildman–Crippen LogP) is 5.29. The number of likely N-dealkylation sites (tertiary alicyclic amines) is 2. The Kier molecular flexibility index (Phi) is 8.06. The Hall–Kier alpha value is -3.23. The zero-order chi connectivity index (χ0) is 25.6. The summed E-state index contributed by atoms with van der Waals surface area (Å²) in [5.41, 5.74) is -0.288. The zero-order valence-electron chi connectivity index (χ0n) is 20.1. The van der Waals surface area contributed by atoms with Crippen molar-refractivity contribution in [2.75, 3.05) is 32.8 Å². The quantitative estimate of drug-likeness (QED) is 0.514. The second-order valence-electron chi connectivity index (χ2n) is 9.62. The van der Waals surface area contributed by atoms with E-state index in [2.05, 4.69) is 4.74 Å². The van der Waals surface area contributed by atoms with Crippen molar-refractivity contribution in [1.29, 1.82) is 0 Å². The molecular formula is C27H31F3N2O4. The van der Waals surface area contributed by atoms with Crippen LogP contribution >= 0.6 is 0 Å². The van der Waals surface area contributed by atoms with Gasteiger partial charge < -0.3 is 19.3 Å². The number of carbonyl (C=O) groups excluding carboxylic acids is 2.